The van der Waals surface area contributed by atoms with Crippen LogP contribution in [-0.4, -0.2) is 12.5 Å². The Kier molecular flexibility index (Phi) is 4.15. The lowest BCUT2D eigenvalue weighted by Crippen LogP contribution is -2.16. The third-order valence-corrected chi connectivity index (χ3v) is 3.39. The molecule has 0 heterocycles. The lowest BCUT2D eigenvalue weighted by Gasteiger charge is -2.10. The minimum absolute atomic E-state index is 0.0129. The summed E-state index contributed by atoms with van der Waals surface area (Å²) in [5.41, 5.74) is 7.60. The quantitative estimate of drug-likeness (QED) is 0.838. The number of amides is 1. The highest BCUT2D eigenvalue weighted by Gasteiger charge is 2.16. The first-order valence-corrected chi connectivity index (χ1v) is 6.39. The summed E-state index contributed by atoms with van der Waals surface area (Å²) in [6, 6.07) is 8.24. The highest BCUT2D eigenvalue weighted by molar-refractivity contribution is 5.90. The second kappa shape index (κ2) is 5.82. The van der Waals surface area contributed by atoms with Gasteiger partial charge >= 0.3 is 0 Å². The molecule has 0 aromatic heterocycles. The van der Waals surface area contributed by atoms with Crippen molar-refractivity contribution in [3.63, 3.8) is 0 Å². The molecule has 3 N–H and O–H groups in total. The average Bonchev–Trinajstić information content (AvgIpc) is 2.84. The summed E-state index contributed by atoms with van der Waals surface area (Å²) in [4.78, 5) is 11.4. The van der Waals surface area contributed by atoms with Crippen LogP contribution in [0.4, 0.5) is 5.69 Å². The molecule has 3 heteroatoms. The van der Waals surface area contributed by atoms with Crippen molar-refractivity contribution >= 4 is 11.6 Å². The van der Waals surface area contributed by atoms with Gasteiger partial charge < -0.3 is 11.1 Å². The average molecular weight is 232 g/mol. The van der Waals surface area contributed by atoms with Crippen LogP contribution in [0.5, 0.6) is 0 Å². The molecule has 1 aliphatic rings. The molecule has 0 aliphatic heterocycles. The van der Waals surface area contributed by atoms with Crippen LogP contribution < -0.4 is 11.1 Å². The molecule has 92 valence electrons. The van der Waals surface area contributed by atoms with Crippen molar-refractivity contribution in [1.29, 1.82) is 0 Å². The van der Waals surface area contributed by atoms with Crippen molar-refractivity contribution in [3.8, 4) is 0 Å². The zero-order chi connectivity index (χ0) is 12.1. The number of nitrogens with two attached hydrogens (primary N) is 1. The Labute approximate surface area is 102 Å². The van der Waals surface area contributed by atoms with E-state index in [0.717, 1.165) is 11.6 Å². The van der Waals surface area contributed by atoms with Crippen LogP contribution in [0.3, 0.4) is 0 Å². The summed E-state index contributed by atoms with van der Waals surface area (Å²) in [5, 5.41) is 2.84. The summed E-state index contributed by atoms with van der Waals surface area (Å²) < 4.78 is 0. The zero-order valence-electron chi connectivity index (χ0n) is 10.1. The summed E-state index contributed by atoms with van der Waals surface area (Å²) in [6.45, 7) is 0.395. The lowest BCUT2D eigenvalue weighted by atomic mass is 9.98. The van der Waals surface area contributed by atoms with Gasteiger partial charge in [-0.3, -0.25) is 4.79 Å². The van der Waals surface area contributed by atoms with Crippen LogP contribution >= 0.6 is 0 Å². The van der Waals surface area contributed by atoms with Crippen molar-refractivity contribution in [2.75, 3.05) is 11.9 Å². The van der Waals surface area contributed by atoms with E-state index in [1.807, 2.05) is 12.1 Å². The van der Waals surface area contributed by atoms with E-state index >= 15 is 0 Å². The number of anilines is 1. The molecule has 1 amide bonds. The van der Waals surface area contributed by atoms with Crippen LogP contribution in [0, 0.1) is 0 Å². The zero-order valence-corrected chi connectivity index (χ0v) is 10.1. The molecule has 1 fully saturated rings. The Bertz CT molecular complexity index is 366. The van der Waals surface area contributed by atoms with Crippen molar-refractivity contribution < 1.29 is 4.79 Å². The molecule has 1 aromatic rings. The maximum absolute atomic E-state index is 11.4. The molecule has 3 nitrogen and oxygen atoms in total. The SMILES string of the molecule is NCCC(=O)Nc1ccc(C2CCCC2)cc1. The van der Waals surface area contributed by atoms with Crippen molar-refractivity contribution in [2.45, 2.75) is 38.0 Å². The Morgan fingerprint density at radius 3 is 2.47 bits per heavy atom. The summed E-state index contributed by atoms with van der Waals surface area (Å²) in [5.74, 6) is 0.713. The Morgan fingerprint density at radius 2 is 1.88 bits per heavy atom. The lowest BCUT2D eigenvalue weighted by molar-refractivity contribution is -0.116. The number of hydrogen-bond acceptors (Lipinski definition) is 2. The number of benzene rings is 1. The number of hydrogen-bond donors (Lipinski definition) is 2. The molecular weight excluding hydrogens is 212 g/mol. The molecule has 1 saturated carbocycles. The maximum Gasteiger partial charge on any atom is 0.225 e. The molecule has 17 heavy (non-hydrogen) atoms. The van der Waals surface area contributed by atoms with Gasteiger partial charge in [0, 0.05) is 18.7 Å². The van der Waals surface area contributed by atoms with Gasteiger partial charge in [0.15, 0.2) is 0 Å². The Balaban J connectivity index is 1.95. The highest BCUT2D eigenvalue weighted by Crippen LogP contribution is 2.34. The predicted molar refractivity (Wildman–Crippen MR) is 70.0 cm³/mol. The van der Waals surface area contributed by atoms with E-state index < -0.39 is 0 Å². The van der Waals surface area contributed by atoms with Crippen LogP contribution in [0.1, 0.15) is 43.6 Å². The van der Waals surface area contributed by atoms with Crippen LogP contribution in [0.15, 0.2) is 24.3 Å². The van der Waals surface area contributed by atoms with E-state index in [-0.39, 0.29) is 5.91 Å². The largest absolute Gasteiger partial charge is 0.330 e. The van der Waals surface area contributed by atoms with Gasteiger partial charge in [-0.25, -0.2) is 0 Å². The molecule has 1 aromatic carbocycles. The van der Waals surface area contributed by atoms with Gasteiger partial charge in [0.2, 0.25) is 5.91 Å². The molecule has 1 aliphatic carbocycles. The van der Waals surface area contributed by atoms with Gasteiger partial charge in [0.25, 0.3) is 0 Å². The molecule has 0 unspecified atom stereocenters. The number of carbonyl (C=O) groups excluding carboxylic acids is 1. The van der Waals surface area contributed by atoms with Crippen LogP contribution in [-0.2, 0) is 4.79 Å². The third kappa shape index (κ3) is 3.30. The van der Waals surface area contributed by atoms with Crippen LogP contribution in [0.2, 0.25) is 0 Å². The Morgan fingerprint density at radius 1 is 1.24 bits per heavy atom. The second-order valence-electron chi connectivity index (χ2n) is 4.69. The minimum atomic E-state index is -0.0129. The first-order chi connectivity index (χ1) is 8.29. The number of carbonyl (C=O) groups is 1. The van der Waals surface area contributed by atoms with E-state index in [0.29, 0.717) is 13.0 Å². The first-order valence-electron chi connectivity index (χ1n) is 6.39. The van der Waals surface area contributed by atoms with Gasteiger partial charge in [-0.05, 0) is 36.5 Å². The maximum atomic E-state index is 11.4. The van der Waals surface area contributed by atoms with E-state index in [1.54, 1.807) is 0 Å². The van der Waals surface area contributed by atoms with Crippen molar-refractivity contribution in [3.05, 3.63) is 29.8 Å². The van der Waals surface area contributed by atoms with Gasteiger partial charge in [0.05, 0.1) is 0 Å². The fraction of sp³-hybridized carbons (Fsp3) is 0.500. The molecule has 0 spiro atoms. The minimum Gasteiger partial charge on any atom is -0.330 e. The van der Waals surface area contributed by atoms with Crippen molar-refractivity contribution in [1.82, 2.24) is 0 Å². The van der Waals surface area contributed by atoms with E-state index in [1.165, 1.54) is 31.2 Å². The molecule has 0 bridgehead atoms. The molecule has 2 rings (SSSR count). The fourth-order valence-electron chi connectivity index (χ4n) is 2.45. The molecule has 0 saturated heterocycles. The summed E-state index contributed by atoms with van der Waals surface area (Å²) in [7, 11) is 0. The van der Waals surface area contributed by atoms with E-state index in [2.05, 4.69) is 17.4 Å². The Hall–Kier alpha value is -1.35. The number of rotatable bonds is 4. The van der Waals surface area contributed by atoms with Gasteiger partial charge in [0.1, 0.15) is 0 Å². The normalized spacial score (nSPS) is 16.1. The monoisotopic (exact) mass is 232 g/mol. The van der Waals surface area contributed by atoms with Crippen LogP contribution in [0.25, 0.3) is 0 Å². The van der Waals surface area contributed by atoms with Gasteiger partial charge in [-0.2, -0.15) is 0 Å². The molecule has 0 atom stereocenters. The van der Waals surface area contributed by atoms with E-state index in [4.69, 9.17) is 5.73 Å². The topological polar surface area (TPSA) is 55.1 Å². The smallest absolute Gasteiger partial charge is 0.225 e. The summed E-state index contributed by atoms with van der Waals surface area (Å²) in [6.07, 6.45) is 5.68. The first kappa shape index (κ1) is 12.1. The third-order valence-electron chi connectivity index (χ3n) is 3.39. The van der Waals surface area contributed by atoms with E-state index in [9.17, 15) is 4.79 Å². The van der Waals surface area contributed by atoms with Gasteiger partial charge in [-0.1, -0.05) is 25.0 Å². The molecular formula is C14H20N2O. The standard InChI is InChI=1S/C14H20N2O/c15-10-9-14(17)16-13-7-5-12(6-8-13)11-3-1-2-4-11/h5-8,11H,1-4,9-10,15H2,(H,16,17). The second-order valence-corrected chi connectivity index (χ2v) is 4.69. The van der Waals surface area contributed by atoms with Gasteiger partial charge in [-0.15, -0.1) is 0 Å². The highest BCUT2D eigenvalue weighted by atomic mass is 16.1. The van der Waals surface area contributed by atoms with Crippen molar-refractivity contribution in [2.24, 2.45) is 5.73 Å². The number of nitrogens with one attached hydrogen (secondary N) is 1. The predicted octanol–water partition coefficient (Wildman–Crippen LogP) is 2.63. The fourth-order valence-corrected chi connectivity index (χ4v) is 2.45. The molecule has 0 radical (unpaired) electrons. The summed E-state index contributed by atoms with van der Waals surface area (Å²) >= 11 is 0.